The first-order valence-electron chi connectivity index (χ1n) is 7.52. The van der Waals surface area contributed by atoms with E-state index in [1.54, 1.807) is 12.1 Å². The van der Waals surface area contributed by atoms with Crippen molar-refractivity contribution >= 4 is 23.5 Å². The maximum Gasteiger partial charge on any atom is 0.164 e. The second-order valence-electron chi connectivity index (χ2n) is 5.70. The highest BCUT2D eigenvalue weighted by atomic mass is 32.2. The summed E-state index contributed by atoms with van der Waals surface area (Å²) >= 11 is 1.42. The van der Waals surface area contributed by atoms with E-state index in [1.807, 2.05) is 19.1 Å². The van der Waals surface area contributed by atoms with Crippen LogP contribution in [0.4, 0.5) is 0 Å². The summed E-state index contributed by atoms with van der Waals surface area (Å²) in [7, 11) is 0. The van der Waals surface area contributed by atoms with Gasteiger partial charge in [0.1, 0.15) is 0 Å². The lowest BCUT2D eigenvalue weighted by molar-refractivity contribution is -0.304. The Labute approximate surface area is 130 Å². The number of benzene rings is 1. The standard InChI is InChI=1S/C17H22O3S/c1-12-7-9-13(10-8-12)15(18)11-16(17(19)20)21-14-5-3-2-4-6-14/h7-10,14,16H,2-6,11H2,1H3,(H,19,20)/p-1/t16-/m0/s1. The van der Waals surface area contributed by atoms with Crippen LogP contribution in [0.2, 0.25) is 0 Å². The molecule has 0 N–H and O–H groups in total. The van der Waals surface area contributed by atoms with Gasteiger partial charge >= 0.3 is 0 Å². The van der Waals surface area contributed by atoms with Gasteiger partial charge < -0.3 is 9.90 Å². The number of Topliss-reactive ketones (excluding diaryl/α,β-unsaturated/α-hetero) is 1. The van der Waals surface area contributed by atoms with Crippen LogP contribution in [0.15, 0.2) is 24.3 Å². The third-order valence-corrected chi connectivity index (χ3v) is 5.46. The first-order chi connectivity index (χ1) is 10.1. The number of carboxylic acid groups (broad SMARTS) is 1. The summed E-state index contributed by atoms with van der Waals surface area (Å²) in [5.41, 5.74) is 1.66. The molecule has 0 aromatic heterocycles. The Morgan fingerprint density at radius 3 is 2.38 bits per heavy atom. The maximum atomic E-state index is 12.2. The summed E-state index contributed by atoms with van der Waals surface area (Å²) in [5.74, 6) is -1.24. The van der Waals surface area contributed by atoms with Crippen LogP contribution in [0.5, 0.6) is 0 Å². The van der Waals surface area contributed by atoms with Crippen molar-refractivity contribution in [1.29, 1.82) is 0 Å². The molecule has 0 aliphatic heterocycles. The molecule has 3 nitrogen and oxygen atoms in total. The van der Waals surface area contributed by atoms with Crippen molar-refractivity contribution in [3.63, 3.8) is 0 Å². The van der Waals surface area contributed by atoms with Gasteiger partial charge in [-0.2, -0.15) is 0 Å². The molecule has 4 heteroatoms. The van der Waals surface area contributed by atoms with Gasteiger partial charge in [0.2, 0.25) is 0 Å². The summed E-state index contributed by atoms with van der Waals surface area (Å²) < 4.78 is 0. The van der Waals surface area contributed by atoms with Crippen LogP contribution in [0.25, 0.3) is 0 Å². The average Bonchev–Trinajstić information content (AvgIpc) is 2.48. The van der Waals surface area contributed by atoms with E-state index in [2.05, 4.69) is 0 Å². The van der Waals surface area contributed by atoms with Crippen LogP contribution in [0.1, 0.15) is 54.4 Å². The molecular weight excluding hydrogens is 284 g/mol. The molecule has 0 spiro atoms. The minimum absolute atomic E-state index is 0.0204. The van der Waals surface area contributed by atoms with E-state index >= 15 is 0 Å². The SMILES string of the molecule is Cc1ccc(C(=O)C[C@H](SC2CCCCC2)C(=O)[O-])cc1. The molecule has 1 aromatic rings. The smallest absolute Gasteiger partial charge is 0.164 e. The number of carboxylic acids is 1. The first kappa shape index (κ1) is 16.1. The van der Waals surface area contributed by atoms with Crippen LogP contribution < -0.4 is 5.11 Å². The van der Waals surface area contributed by atoms with Crippen molar-refractivity contribution in [2.45, 2.75) is 55.9 Å². The molecule has 21 heavy (non-hydrogen) atoms. The highest BCUT2D eigenvalue weighted by Gasteiger charge is 2.23. The number of carbonyl (C=O) groups is 2. The van der Waals surface area contributed by atoms with E-state index in [0.717, 1.165) is 31.2 Å². The number of aryl methyl sites for hydroxylation is 1. The van der Waals surface area contributed by atoms with Gasteiger partial charge in [0, 0.05) is 17.2 Å². The quantitative estimate of drug-likeness (QED) is 0.758. The molecule has 1 aromatic carbocycles. The lowest BCUT2D eigenvalue weighted by Gasteiger charge is -2.26. The third kappa shape index (κ3) is 4.88. The van der Waals surface area contributed by atoms with Crippen molar-refractivity contribution in [1.82, 2.24) is 0 Å². The Kier molecular flexibility index (Phi) is 5.85. The Morgan fingerprint density at radius 1 is 1.19 bits per heavy atom. The van der Waals surface area contributed by atoms with Crippen LogP contribution in [0, 0.1) is 6.92 Å². The fourth-order valence-corrected chi connectivity index (χ4v) is 4.08. The molecule has 1 aliphatic rings. The van der Waals surface area contributed by atoms with E-state index < -0.39 is 11.2 Å². The molecule has 0 radical (unpaired) electrons. The van der Waals surface area contributed by atoms with Crippen LogP contribution in [-0.4, -0.2) is 22.3 Å². The maximum absolute atomic E-state index is 12.2. The lowest BCUT2D eigenvalue weighted by Crippen LogP contribution is -2.36. The molecule has 0 saturated heterocycles. The van der Waals surface area contributed by atoms with E-state index in [0.29, 0.717) is 10.8 Å². The molecule has 1 fully saturated rings. The molecule has 0 unspecified atom stereocenters. The van der Waals surface area contributed by atoms with Crippen molar-refractivity contribution < 1.29 is 14.7 Å². The Balaban J connectivity index is 1.96. The predicted octanol–water partition coefficient (Wildman–Crippen LogP) is 2.75. The third-order valence-electron chi connectivity index (χ3n) is 3.92. The van der Waals surface area contributed by atoms with Crippen LogP contribution in [0.3, 0.4) is 0 Å². The number of ketones is 1. The number of rotatable bonds is 6. The largest absolute Gasteiger partial charge is 0.549 e. The average molecular weight is 305 g/mol. The summed E-state index contributed by atoms with van der Waals surface area (Å²) in [6.45, 7) is 1.96. The summed E-state index contributed by atoms with van der Waals surface area (Å²) in [4.78, 5) is 23.5. The zero-order valence-corrected chi connectivity index (χ0v) is 13.2. The van der Waals surface area contributed by atoms with Crippen LogP contribution in [-0.2, 0) is 4.79 Å². The Morgan fingerprint density at radius 2 is 1.81 bits per heavy atom. The highest BCUT2D eigenvalue weighted by molar-refractivity contribution is 8.01. The van der Waals surface area contributed by atoms with Gasteiger partial charge in [0.15, 0.2) is 5.78 Å². The second-order valence-corrected chi connectivity index (χ2v) is 7.20. The van der Waals surface area contributed by atoms with E-state index in [4.69, 9.17) is 0 Å². The summed E-state index contributed by atoms with van der Waals surface area (Å²) in [6, 6.07) is 7.26. The molecule has 1 saturated carbocycles. The summed E-state index contributed by atoms with van der Waals surface area (Å²) in [5, 5.41) is 10.9. The Bertz CT molecular complexity index is 489. The lowest BCUT2D eigenvalue weighted by atomic mass is 10.0. The molecular formula is C17H21O3S-. The van der Waals surface area contributed by atoms with Gasteiger partial charge in [-0.25, -0.2) is 0 Å². The highest BCUT2D eigenvalue weighted by Crippen LogP contribution is 2.32. The normalized spacial score (nSPS) is 17.4. The first-order valence-corrected chi connectivity index (χ1v) is 8.46. The minimum Gasteiger partial charge on any atom is -0.549 e. The fourth-order valence-electron chi connectivity index (χ4n) is 2.65. The second kappa shape index (κ2) is 7.64. The zero-order valence-electron chi connectivity index (χ0n) is 12.3. The molecule has 0 amide bonds. The predicted molar refractivity (Wildman–Crippen MR) is 83.4 cm³/mol. The topological polar surface area (TPSA) is 57.2 Å². The van der Waals surface area contributed by atoms with Gasteiger partial charge in [-0.3, -0.25) is 4.79 Å². The van der Waals surface area contributed by atoms with Crippen molar-refractivity contribution in [2.75, 3.05) is 0 Å². The number of aliphatic carboxylic acids is 1. The zero-order chi connectivity index (χ0) is 15.2. The van der Waals surface area contributed by atoms with E-state index in [1.165, 1.54) is 18.2 Å². The molecule has 2 rings (SSSR count). The Hall–Kier alpha value is -1.29. The van der Waals surface area contributed by atoms with Gasteiger partial charge in [0.25, 0.3) is 0 Å². The number of hydrogen-bond donors (Lipinski definition) is 0. The van der Waals surface area contributed by atoms with Crippen LogP contribution >= 0.6 is 11.8 Å². The number of thioether (sulfide) groups is 1. The molecule has 0 bridgehead atoms. The van der Waals surface area contributed by atoms with Crippen molar-refractivity contribution in [3.8, 4) is 0 Å². The van der Waals surface area contributed by atoms with Crippen molar-refractivity contribution in [3.05, 3.63) is 35.4 Å². The van der Waals surface area contributed by atoms with E-state index in [9.17, 15) is 14.7 Å². The number of hydrogen-bond acceptors (Lipinski definition) is 4. The van der Waals surface area contributed by atoms with Crippen molar-refractivity contribution in [2.24, 2.45) is 0 Å². The van der Waals surface area contributed by atoms with Gasteiger partial charge in [-0.1, -0.05) is 49.1 Å². The minimum atomic E-state index is -1.12. The molecule has 1 aliphatic carbocycles. The van der Waals surface area contributed by atoms with Gasteiger partial charge in [-0.05, 0) is 19.8 Å². The van der Waals surface area contributed by atoms with Gasteiger partial charge in [0.05, 0.1) is 11.2 Å². The molecule has 114 valence electrons. The molecule has 1 atom stereocenters. The number of carbonyl (C=O) groups excluding carboxylic acids is 2. The monoisotopic (exact) mass is 305 g/mol. The van der Waals surface area contributed by atoms with Gasteiger partial charge in [-0.15, -0.1) is 11.8 Å². The molecule has 0 heterocycles. The summed E-state index contributed by atoms with van der Waals surface area (Å²) in [6.07, 6.45) is 5.66. The fraction of sp³-hybridized carbons (Fsp3) is 0.529. The van der Waals surface area contributed by atoms with E-state index in [-0.39, 0.29) is 12.2 Å².